The molecule has 0 bridgehead atoms. The molecule has 128 valence electrons. The largest absolute Gasteiger partial charge is 0.464 e. The molecule has 3 aromatic carbocycles. The highest BCUT2D eigenvalue weighted by Gasteiger charge is 2.40. The van der Waals surface area contributed by atoms with Crippen LogP contribution in [0.2, 0.25) is 5.02 Å². The second-order valence-corrected chi connectivity index (χ2v) is 7.01. The number of fused-ring (bicyclic) bond motifs is 3. The summed E-state index contributed by atoms with van der Waals surface area (Å²) in [6, 6.07) is 26.6. The third-order valence-electron chi connectivity index (χ3n) is 4.96. The van der Waals surface area contributed by atoms with E-state index in [1.165, 1.54) is 5.56 Å². The number of rotatable bonds is 2. The molecule has 0 saturated carbocycles. The molecular weight excluding hydrogens is 344 g/mol. The molecule has 2 heterocycles. The van der Waals surface area contributed by atoms with Crippen molar-refractivity contribution < 1.29 is 4.74 Å². The molecule has 0 amide bonds. The molecule has 2 aliphatic heterocycles. The van der Waals surface area contributed by atoms with Gasteiger partial charge in [0.1, 0.15) is 5.75 Å². The lowest BCUT2D eigenvalue weighted by molar-refractivity contribution is -0.0190. The smallest absolute Gasteiger partial charge is 0.213 e. The molecule has 0 aromatic heterocycles. The molecule has 2 aliphatic rings. The Morgan fingerprint density at radius 1 is 0.885 bits per heavy atom. The van der Waals surface area contributed by atoms with Crippen molar-refractivity contribution in [3.63, 3.8) is 0 Å². The number of benzene rings is 3. The SMILES string of the molecule is Clc1ccc(C2=NN3[C@H](C2)c2ccccc2O[C@H]3c2ccccc2)cc1. The normalized spacial score (nSPS) is 20.8. The molecule has 3 nitrogen and oxygen atoms in total. The van der Waals surface area contributed by atoms with Crippen LogP contribution >= 0.6 is 11.6 Å². The predicted octanol–water partition coefficient (Wildman–Crippen LogP) is 5.58. The summed E-state index contributed by atoms with van der Waals surface area (Å²) < 4.78 is 6.33. The lowest BCUT2D eigenvalue weighted by Crippen LogP contribution is -2.33. The number of hydrogen-bond acceptors (Lipinski definition) is 3. The average Bonchev–Trinajstić information content (AvgIpc) is 3.14. The van der Waals surface area contributed by atoms with Gasteiger partial charge in [-0.15, -0.1) is 0 Å². The molecule has 0 saturated heterocycles. The molecule has 0 N–H and O–H groups in total. The van der Waals surface area contributed by atoms with E-state index in [1.54, 1.807) is 0 Å². The van der Waals surface area contributed by atoms with Gasteiger partial charge in [-0.05, 0) is 23.8 Å². The molecule has 3 aromatic rings. The third kappa shape index (κ3) is 2.56. The van der Waals surface area contributed by atoms with E-state index < -0.39 is 0 Å². The van der Waals surface area contributed by atoms with Crippen LogP contribution in [0.4, 0.5) is 0 Å². The van der Waals surface area contributed by atoms with Gasteiger partial charge in [0, 0.05) is 22.6 Å². The van der Waals surface area contributed by atoms with Crippen molar-refractivity contribution in [2.75, 3.05) is 0 Å². The lowest BCUT2D eigenvalue weighted by Gasteiger charge is -2.38. The number of hydrazone groups is 1. The Kier molecular flexibility index (Phi) is 3.68. The lowest BCUT2D eigenvalue weighted by atomic mass is 9.96. The highest BCUT2D eigenvalue weighted by atomic mass is 35.5. The van der Waals surface area contributed by atoms with Crippen LogP contribution in [0.1, 0.15) is 35.4 Å². The van der Waals surface area contributed by atoms with Crippen LogP contribution in [0.3, 0.4) is 0 Å². The maximum absolute atomic E-state index is 6.33. The Labute approximate surface area is 157 Å². The second kappa shape index (κ2) is 6.19. The number of para-hydroxylation sites is 1. The first kappa shape index (κ1) is 15.5. The monoisotopic (exact) mass is 360 g/mol. The minimum absolute atomic E-state index is 0.177. The van der Waals surface area contributed by atoms with Gasteiger partial charge in [-0.1, -0.05) is 72.3 Å². The molecular formula is C22H17ClN2O. The Morgan fingerprint density at radius 2 is 1.62 bits per heavy atom. The van der Waals surface area contributed by atoms with Crippen molar-refractivity contribution >= 4 is 17.3 Å². The zero-order chi connectivity index (χ0) is 17.5. The van der Waals surface area contributed by atoms with Gasteiger partial charge in [0.2, 0.25) is 6.23 Å². The van der Waals surface area contributed by atoms with Crippen LogP contribution < -0.4 is 4.74 Å². The summed E-state index contributed by atoms with van der Waals surface area (Å²) in [5, 5.41) is 7.78. The minimum Gasteiger partial charge on any atom is -0.464 e. The van der Waals surface area contributed by atoms with E-state index in [4.69, 9.17) is 21.4 Å². The Balaban J connectivity index is 1.59. The van der Waals surface area contributed by atoms with Crippen molar-refractivity contribution in [1.29, 1.82) is 0 Å². The van der Waals surface area contributed by atoms with E-state index in [0.717, 1.165) is 34.0 Å². The minimum atomic E-state index is -0.221. The molecule has 26 heavy (non-hydrogen) atoms. The summed E-state index contributed by atoms with van der Waals surface area (Å²) in [4.78, 5) is 0. The number of ether oxygens (including phenoxy) is 1. The Hall–Kier alpha value is -2.78. The van der Waals surface area contributed by atoms with Gasteiger partial charge < -0.3 is 4.74 Å². The van der Waals surface area contributed by atoms with Crippen molar-refractivity contribution in [2.24, 2.45) is 5.10 Å². The molecule has 0 unspecified atom stereocenters. The third-order valence-corrected chi connectivity index (χ3v) is 5.21. The second-order valence-electron chi connectivity index (χ2n) is 6.57. The van der Waals surface area contributed by atoms with E-state index in [2.05, 4.69) is 29.3 Å². The summed E-state index contributed by atoms with van der Waals surface area (Å²) in [5.41, 5.74) is 4.46. The number of halogens is 1. The summed E-state index contributed by atoms with van der Waals surface area (Å²) >= 11 is 6.04. The first-order chi connectivity index (χ1) is 12.8. The summed E-state index contributed by atoms with van der Waals surface area (Å²) in [5.74, 6) is 0.940. The zero-order valence-electron chi connectivity index (χ0n) is 14.0. The van der Waals surface area contributed by atoms with Crippen molar-refractivity contribution in [1.82, 2.24) is 5.01 Å². The average molecular weight is 361 g/mol. The fraction of sp³-hybridized carbons (Fsp3) is 0.136. The topological polar surface area (TPSA) is 24.8 Å². The van der Waals surface area contributed by atoms with E-state index in [9.17, 15) is 0 Å². The van der Waals surface area contributed by atoms with Crippen LogP contribution in [0.25, 0.3) is 0 Å². The Bertz CT molecular complexity index is 969. The van der Waals surface area contributed by atoms with Gasteiger partial charge in [0.05, 0.1) is 11.8 Å². The Morgan fingerprint density at radius 3 is 2.42 bits per heavy atom. The van der Waals surface area contributed by atoms with E-state index >= 15 is 0 Å². The predicted molar refractivity (Wildman–Crippen MR) is 103 cm³/mol. The fourth-order valence-electron chi connectivity index (χ4n) is 3.69. The molecule has 2 atom stereocenters. The number of nitrogens with zero attached hydrogens (tertiary/aromatic N) is 2. The highest BCUT2D eigenvalue weighted by molar-refractivity contribution is 6.30. The molecule has 5 rings (SSSR count). The number of hydrogen-bond donors (Lipinski definition) is 0. The van der Waals surface area contributed by atoms with E-state index in [-0.39, 0.29) is 12.3 Å². The van der Waals surface area contributed by atoms with Crippen LogP contribution in [0, 0.1) is 0 Å². The maximum atomic E-state index is 6.33. The standard InChI is InChI=1S/C22H17ClN2O/c23-17-12-10-15(11-13-17)19-14-20-18-8-4-5-9-21(18)26-22(25(20)24-19)16-6-2-1-3-7-16/h1-13,20,22H,14H2/t20-,22+/m1/s1. The molecule has 0 aliphatic carbocycles. The van der Waals surface area contributed by atoms with E-state index in [0.29, 0.717) is 0 Å². The van der Waals surface area contributed by atoms with Gasteiger partial charge in [-0.3, -0.25) is 0 Å². The van der Waals surface area contributed by atoms with Crippen LogP contribution in [0.15, 0.2) is 84.0 Å². The van der Waals surface area contributed by atoms with Crippen LogP contribution in [-0.2, 0) is 0 Å². The van der Waals surface area contributed by atoms with Crippen molar-refractivity contribution in [3.8, 4) is 5.75 Å². The first-order valence-electron chi connectivity index (χ1n) is 8.72. The van der Waals surface area contributed by atoms with Gasteiger partial charge in [0.15, 0.2) is 0 Å². The van der Waals surface area contributed by atoms with Crippen molar-refractivity contribution in [2.45, 2.75) is 18.7 Å². The van der Waals surface area contributed by atoms with Crippen molar-refractivity contribution in [3.05, 3.63) is 101 Å². The molecule has 0 spiro atoms. The molecule has 0 fully saturated rings. The van der Waals surface area contributed by atoms with Gasteiger partial charge in [-0.25, -0.2) is 5.01 Å². The van der Waals surface area contributed by atoms with Gasteiger partial charge in [0.25, 0.3) is 0 Å². The summed E-state index contributed by atoms with van der Waals surface area (Å²) in [6.07, 6.45) is 0.631. The van der Waals surface area contributed by atoms with Crippen LogP contribution in [-0.4, -0.2) is 10.7 Å². The summed E-state index contributed by atoms with van der Waals surface area (Å²) in [6.45, 7) is 0. The van der Waals surface area contributed by atoms with E-state index in [1.807, 2.05) is 54.6 Å². The maximum Gasteiger partial charge on any atom is 0.213 e. The summed E-state index contributed by atoms with van der Waals surface area (Å²) in [7, 11) is 0. The van der Waals surface area contributed by atoms with Gasteiger partial charge in [-0.2, -0.15) is 5.10 Å². The highest BCUT2D eigenvalue weighted by Crippen LogP contribution is 2.47. The zero-order valence-corrected chi connectivity index (χ0v) is 14.8. The fourth-order valence-corrected chi connectivity index (χ4v) is 3.81. The van der Waals surface area contributed by atoms with Crippen LogP contribution in [0.5, 0.6) is 5.75 Å². The first-order valence-corrected chi connectivity index (χ1v) is 9.10. The molecule has 4 heteroatoms. The van der Waals surface area contributed by atoms with Gasteiger partial charge >= 0.3 is 0 Å². The quantitative estimate of drug-likeness (QED) is 0.595. The molecule has 0 radical (unpaired) electrons.